The molecule has 8 heteroatoms. The van der Waals surface area contributed by atoms with Crippen molar-refractivity contribution in [2.24, 2.45) is 0 Å². The van der Waals surface area contributed by atoms with Gasteiger partial charge in [-0.05, 0) is 12.1 Å². The van der Waals surface area contributed by atoms with Crippen molar-refractivity contribution in [2.75, 3.05) is 33.4 Å². The number of aliphatic hydroxyl groups is 1. The molecule has 1 rings (SSSR count). The topological polar surface area (TPSA) is 113 Å². The zero-order valence-corrected chi connectivity index (χ0v) is 11.0. The molecule has 0 unspecified atom stereocenters. The van der Waals surface area contributed by atoms with E-state index in [2.05, 4.69) is 0 Å². The average molecular weight is 284 g/mol. The van der Waals surface area contributed by atoms with E-state index in [9.17, 15) is 20.0 Å². The second-order valence-corrected chi connectivity index (χ2v) is 3.97. The van der Waals surface area contributed by atoms with Crippen molar-refractivity contribution < 1.29 is 24.7 Å². The minimum Gasteiger partial charge on any atom is -0.508 e. The number of benzene rings is 1. The molecule has 20 heavy (non-hydrogen) atoms. The average Bonchev–Trinajstić information content (AvgIpc) is 2.42. The van der Waals surface area contributed by atoms with Gasteiger partial charge >= 0.3 is 0 Å². The van der Waals surface area contributed by atoms with E-state index in [0.717, 1.165) is 18.2 Å². The number of phenolic OH excluding ortho intramolecular Hbond substituents is 1. The predicted octanol–water partition coefficient (Wildman–Crippen LogP) is 0.381. The van der Waals surface area contributed by atoms with Gasteiger partial charge in [-0.1, -0.05) is 0 Å². The molecule has 1 amide bonds. The Balaban J connectivity index is 3.09. The Morgan fingerprint density at radius 1 is 1.45 bits per heavy atom. The molecular formula is C12H16N2O6. The van der Waals surface area contributed by atoms with Crippen molar-refractivity contribution >= 4 is 11.6 Å². The van der Waals surface area contributed by atoms with Gasteiger partial charge in [-0.15, -0.1) is 0 Å². The van der Waals surface area contributed by atoms with Crippen LogP contribution in [0.2, 0.25) is 0 Å². The number of phenols is 1. The maximum Gasteiger partial charge on any atom is 0.282 e. The lowest BCUT2D eigenvalue weighted by Crippen LogP contribution is -2.36. The Morgan fingerprint density at radius 2 is 2.15 bits per heavy atom. The third kappa shape index (κ3) is 3.90. The van der Waals surface area contributed by atoms with Crippen LogP contribution in [0.4, 0.5) is 5.69 Å². The van der Waals surface area contributed by atoms with E-state index in [1.54, 1.807) is 0 Å². The van der Waals surface area contributed by atoms with Gasteiger partial charge < -0.3 is 19.8 Å². The first-order valence-corrected chi connectivity index (χ1v) is 5.87. The molecule has 0 bridgehead atoms. The number of ether oxygens (including phenoxy) is 1. The Hall–Kier alpha value is -2.19. The molecule has 0 spiro atoms. The molecule has 1 aromatic carbocycles. The molecule has 0 heterocycles. The van der Waals surface area contributed by atoms with E-state index < -0.39 is 16.5 Å². The van der Waals surface area contributed by atoms with Crippen LogP contribution in [-0.2, 0) is 4.74 Å². The Labute approximate surface area is 115 Å². The summed E-state index contributed by atoms with van der Waals surface area (Å²) in [6.07, 6.45) is 0. The first-order chi connectivity index (χ1) is 9.51. The zero-order valence-electron chi connectivity index (χ0n) is 11.0. The monoisotopic (exact) mass is 284 g/mol. The lowest BCUT2D eigenvalue weighted by Gasteiger charge is -2.21. The van der Waals surface area contributed by atoms with Crippen LogP contribution in [0.25, 0.3) is 0 Å². The van der Waals surface area contributed by atoms with Crippen molar-refractivity contribution in [1.82, 2.24) is 4.90 Å². The molecule has 0 aliphatic carbocycles. The quantitative estimate of drug-likeness (QED) is 0.553. The van der Waals surface area contributed by atoms with E-state index in [0.29, 0.717) is 0 Å². The van der Waals surface area contributed by atoms with Gasteiger partial charge in [0.15, 0.2) is 0 Å². The third-order valence-corrected chi connectivity index (χ3v) is 2.63. The minimum absolute atomic E-state index is 0.0228. The van der Waals surface area contributed by atoms with Crippen molar-refractivity contribution in [3.63, 3.8) is 0 Å². The van der Waals surface area contributed by atoms with Crippen LogP contribution in [-0.4, -0.2) is 59.4 Å². The van der Waals surface area contributed by atoms with Gasteiger partial charge in [0.05, 0.1) is 18.1 Å². The maximum atomic E-state index is 12.3. The highest BCUT2D eigenvalue weighted by atomic mass is 16.6. The second-order valence-electron chi connectivity index (χ2n) is 3.97. The van der Waals surface area contributed by atoms with Gasteiger partial charge in [-0.25, -0.2) is 0 Å². The maximum absolute atomic E-state index is 12.3. The summed E-state index contributed by atoms with van der Waals surface area (Å²) >= 11 is 0. The molecule has 0 radical (unpaired) electrons. The highest BCUT2D eigenvalue weighted by Crippen LogP contribution is 2.24. The number of hydrogen-bond donors (Lipinski definition) is 2. The molecular weight excluding hydrogens is 268 g/mol. The molecule has 0 aliphatic rings. The lowest BCUT2D eigenvalue weighted by molar-refractivity contribution is -0.385. The van der Waals surface area contributed by atoms with E-state index in [4.69, 9.17) is 9.84 Å². The Bertz CT molecular complexity index is 491. The molecule has 0 atom stereocenters. The number of nitro benzene ring substituents is 1. The van der Waals surface area contributed by atoms with Gasteiger partial charge in [0, 0.05) is 26.3 Å². The number of hydrogen-bond acceptors (Lipinski definition) is 6. The summed E-state index contributed by atoms with van der Waals surface area (Å²) in [5.41, 5.74) is -0.618. The minimum atomic E-state index is -0.694. The fourth-order valence-electron chi connectivity index (χ4n) is 1.66. The fraction of sp³-hybridized carbons (Fsp3) is 0.417. The first-order valence-electron chi connectivity index (χ1n) is 5.87. The molecule has 1 aromatic rings. The second kappa shape index (κ2) is 7.41. The van der Waals surface area contributed by atoms with Gasteiger partial charge in [0.25, 0.3) is 11.6 Å². The zero-order chi connectivity index (χ0) is 15.1. The highest BCUT2D eigenvalue weighted by Gasteiger charge is 2.24. The van der Waals surface area contributed by atoms with Crippen LogP contribution in [0.1, 0.15) is 10.4 Å². The lowest BCUT2D eigenvalue weighted by atomic mass is 10.1. The van der Waals surface area contributed by atoms with E-state index in [1.165, 1.54) is 12.0 Å². The van der Waals surface area contributed by atoms with E-state index in [-0.39, 0.29) is 37.6 Å². The number of nitrogens with zero attached hydrogens (tertiary/aromatic N) is 2. The van der Waals surface area contributed by atoms with Crippen LogP contribution in [0.5, 0.6) is 5.75 Å². The number of amides is 1. The van der Waals surface area contributed by atoms with Gasteiger partial charge in [0.1, 0.15) is 11.3 Å². The summed E-state index contributed by atoms with van der Waals surface area (Å²) in [4.78, 5) is 23.7. The predicted molar refractivity (Wildman–Crippen MR) is 69.6 cm³/mol. The first kappa shape index (κ1) is 15.9. The summed E-state index contributed by atoms with van der Waals surface area (Å²) in [6.45, 7) is 0.165. The van der Waals surface area contributed by atoms with Gasteiger partial charge in [-0.2, -0.15) is 0 Å². The van der Waals surface area contributed by atoms with Crippen LogP contribution < -0.4 is 0 Å². The van der Waals surface area contributed by atoms with Gasteiger partial charge in [0.2, 0.25) is 0 Å². The number of carbonyl (C=O) groups is 1. The number of nitro groups is 1. The highest BCUT2D eigenvalue weighted by molar-refractivity contribution is 5.98. The Kier molecular flexibility index (Phi) is 5.88. The van der Waals surface area contributed by atoms with Crippen LogP contribution in [0.3, 0.4) is 0 Å². The fourth-order valence-corrected chi connectivity index (χ4v) is 1.66. The third-order valence-electron chi connectivity index (χ3n) is 2.63. The molecule has 110 valence electrons. The SMILES string of the molecule is COCCN(CCO)C(=O)c1cc(O)ccc1[N+](=O)[O-]. The van der Waals surface area contributed by atoms with Gasteiger partial charge in [-0.3, -0.25) is 14.9 Å². The summed E-state index contributed by atoms with van der Waals surface area (Å²) in [6, 6.07) is 3.24. The molecule has 0 saturated carbocycles. The van der Waals surface area contributed by atoms with Crippen LogP contribution in [0.15, 0.2) is 18.2 Å². The summed E-state index contributed by atoms with van der Waals surface area (Å²) < 4.78 is 4.85. The molecule has 0 saturated heterocycles. The van der Waals surface area contributed by atoms with Crippen LogP contribution in [0, 0.1) is 10.1 Å². The standard InChI is InChI=1S/C12H16N2O6/c1-20-7-5-13(4-6-15)12(17)10-8-9(16)2-3-11(10)14(18)19/h2-3,8,15-16H,4-7H2,1H3. The number of aromatic hydroxyl groups is 1. The molecule has 2 N–H and O–H groups in total. The molecule has 0 aromatic heterocycles. The summed E-state index contributed by atoms with van der Waals surface area (Å²) in [5, 5.41) is 29.2. The summed E-state index contributed by atoms with van der Waals surface area (Å²) in [5.74, 6) is -0.881. The normalized spacial score (nSPS) is 10.3. The largest absolute Gasteiger partial charge is 0.508 e. The number of methoxy groups -OCH3 is 1. The molecule has 8 nitrogen and oxygen atoms in total. The molecule has 0 fully saturated rings. The smallest absolute Gasteiger partial charge is 0.282 e. The van der Waals surface area contributed by atoms with Crippen LogP contribution >= 0.6 is 0 Å². The van der Waals surface area contributed by atoms with Crippen molar-refractivity contribution in [3.8, 4) is 5.75 Å². The summed E-state index contributed by atoms with van der Waals surface area (Å²) in [7, 11) is 1.46. The number of carbonyl (C=O) groups excluding carboxylic acids is 1. The Morgan fingerprint density at radius 3 is 2.70 bits per heavy atom. The van der Waals surface area contributed by atoms with Crippen molar-refractivity contribution in [2.45, 2.75) is 0 Å². The number of aliphatic hydroxyl groups excluding tert-OH is 1. The van der Waals surface area contributed by atoms with E-state index >= 15 is 0 Å². The van der Waals surface area contributed by atoms with Crippen molar-refractivity contribution in [3.05, 3.63) is 33.9 Å². The number of rotatable bonds is 7. The molecule has 0 aliphatic heterocycles. The van der Waals surface area contributed by atoms with Crippen molar-refractivity contribution in [1.29, 1.82) is 0 Å². The van der Waals surface area contributed by atoms with E-state index in [1.807, 2.05) is 0 Å².